The maximum absolute atomic E-state index is 5.64. The summed E-state index contributed by atoms with van der Waals surface area (Å²) in [5, 5.41) is 6.66. The number of guanidine groups is 1. The molecule has 0 amide bonds. The predicted molar refractivity (Wildman–Crippen MR) is 92.2 cm³/mol. The smallest absolute Gasteiger partial charge is 0.191 e. The van der Waals surface area contributed by atoms with Crippen molar-refractivity contribution in [3.8, 4) is 0 Å². The molecule has 1 aromatic carbocycles. The van der Waals surface area contributed by atoms with Gasteiger partial charge in [0.1, 0.15) is 0 Å². The van der Waals surface area contributed by atoms with Gasteiger partial charge in [-0.15, -0.1) is 0 Å². The zero-order valence-electron chi connectivity index (χ0n) is 13.9. The Morgan fingerprint density at radius 3 is 2.82 bits per heavy atom. The van der Waals surface area contributed by atoms with Crippen LogP contribution < -0.4 is 10.6 Å². The van der Waals surface area contributed by atoms with Crippen LogP contribution in [0.5, 0.6) is 0 Å². The van der Waals surface area contributed by atoms with Crippen LogP contribution in [0.15, 0.2) is 29.3 Å². The lowest BCUT2D eigenvalue weighted by Crippen LogP contribution is -2.38. The van der Waals surface area contributed by atoms with Crippen molar-refractivity contribution in [2.75, 3.05) is 26.3 Å². The van der Waals surface area contributed by atoms with Crippen molar-refractivity contribution in [3.63, 3.8) is 0 Å². The monoisotopic (exact) mass is 303 g/mol. The van der Waals surface area contributed by atoms with Gasteiger partial charge in [0.2, 0.25) is 0 Å². The third-order valence-electron chi connectivity index (χ3n) is 3.82. The molecule has 0 spiro atoms. The number of aliphatic imine (C=N–C) groups is 1. The first-order valence-corrected chi connectivity index (χ1v) is 8.44. The number of ether oxygens (including phenoxy) is 1. The van der Waals surface area contributed by atoms with Gasteiger partial charge in [0, 0.05) is 26.3 Å². The molecule has 0 saturated heterocycles. The van der Waals surface area contributed by atoms with Crippen molar-refractivity contribution >= 4 is 5.96 Å². The van der Waals surface area contributed by atoms with E-state index in [1.54, 1.807) is 0 Å². The Bertz CT molecular complexity index is 469. The molecule has 0 atom stereocenters. The summed E-state index contributed by atoms with van der Waals surface area (Å²) in [6.07, 6.45) is 3.73. The van der Waals surface area contributed by atoms with Gasteiger partial charge in [-0.3, -0.25) is 0 Å². The Morgan fingerprint density at radius 1 is 1.27 bits per heavy atom. The van der Waals surface area contributed by atoms with Gasteiger partial charge in [-0.05, 0) is 50.2 Å². The summed E-state index contributed by atoms with van der Waals surface area (Å²) in [6, 6.07) is 8.39. The number of benzene rings is 1. The fraction of sp³-hybridized carbons (Fsp3) is 0.611. The molecule has 0 radical (unpaired) electrons. The van der Waals surface area contributed by atoms with Gasteiger partial charge >= 0.3 is 0 Å². The van der Waals surface area contributed by atoms with E-state index in [0.717, 1.165) is 44.6 Å². The van der Waals surface area contributed by atoms with Gasteiger partial charge in [0.15, 0.2) is 5.96 Å². The molecule has 1 aliphatic rings. The second-order valence-corrected chi connectivity index (χ2v) is 5.92. The molecular formula is C18H29N3O. The maximum Gasteiger partial charge on any atom is 0.191 e. The lowest BCUT2D eigenvalue weighted by atomic mass is 10.1. The minimum absolute atomic E-state index is 0.709. The molecule has 0 aliphatic heterocycles. The van der Waals surface area contributed by atoms with Crippen molar-refractivity contribution in [3.05, 3.63) is 35.4 Å². The predicted octanol–water partition coefficient (Wildman–Crippen LogP) is 2.87. The van der Waals surface area contributed by atoms with Crippen LogP contribution >= 0.6 is 0 Å². The minimum Gasteiger partial charge on any atom is -0.381 e. The molecule has 0 unspecified atom stereocenters. The molecule has 22 heavy (non-hydrogen) atoms. The first kappa shape index (κ1) is 16.8. The highest BCUT2D eigenvalue weighted by molar-refractivity contribution is 5.79. The van der Waals surface area contributed by atoms with Crippen molar-refractivity contribution < 1.29 is 4.74 Å². The van der Waals surface area contributed by atoms with E-state index in [1.165, 1.54) is 24.0 Å². The van der Waals surface area contributed by atoms with Crippen LogP contribution in [0, 0.1) is 12.8 Å². The average molecular weight is 303 g/mol. The van der Waals surface area contributed by atoms with E-state index in [0.29, 0.717) is 6.54 Å². The third-order valence-corrected chi connectivity index (χ3v) is 3.82. The molecule has 0 heterocycles. The van der Waals surface area contributed by atoms with Crippen LogP contribution in [0.25, 0.3) is 0 Å². The topological polar surface area (TPSA) is 45.7 Å². The van der Waals surface area contributed by atoms with Gasteiger partial charge in [0.05, 0.1) is 6.54 Å². The highest BCUT2D eigenvalue weighted by atomic mass is 16.5. The molecule has 4 heteroatoms. The maximum atomic E-state index is 5.64. The van der Waals surface area contributed by atoms with E-state index in [9.17, 15) is 0 Å². The van der Waals surface area contributed by atoms with E-state index < -0.39 is 0 Å². The average Bonchev–Trinajstić information content (AvgIpc) is 3.33. The van der Waals surface area contributed by atoms with Crippen LogP contribution in [0.4, 0.5) is 0 Å². The lowest BCUT2D eigenvalue weighted by molar-refractivity contribution is 0.123. The number of hydrogen-bond donors (Lipinski definition) is 2. The SMILES string of the molecule is CCNC(=NCc1ccccc1C)NCCCOCC1CC1. The number of hydrogen-bond acceptors (Lipinski definition) is 2. The number of nitrogens with one attached hydrogen (secondary N) is 2. The fourth-order valence-corrected chi connectivity index (χ4v) is 2.21. The van der Waals surface area contributed by atoms with Crippen molar-refractivity contribution in [2.24, 2.45) is 10.9 Å². The molecule has 2 rings (SSSR count). The number of aryl methyl sites for hydroxylation is 1. The van der Waals surface area contributed by atoms with E-state index in [4.69, 9.17) is 4.74 Å². The third kappa shape index (κ3) is 6.48. The zero-order valence-corrected chi connectivity index (χ0v) is 13.9. The first-order chi connectivity index (χ1) is 10.8. The number of nitrogens with zero attached hydrogens (tertiary/aromatic N) is 1. The quantitative estimate of drug-likeness (QED) is 0.419. The van der Waals surface area contributed by atoms with Crippen LogP contribution in [0.3, 0.4) is 0 Å². The summed E-state index contributed by atoms with van der Waals surface area (Å²) in [5.74, 6) is 1.73. The largest absolute Gasteiger partial charge is 0.381 e. The van der Waals surface area contributed by atoms with Gasteiger partial charge in [-0.1, -0.05) is 24.3 Å². The molecule has 122 valence electrons. The van der Waals surface area contributed by atoms with Gasteiger partial charge < -0.3 is 15.4 Å². The highest BCUT2D eigenvalue weighted by Gasteiger charge is 2.20. The number of rotatable bonds is 9. The second-order valence-electron chi connectivity index (χ2n) is 5.92. The first-order valence-electron chi connectivity index (χ1n) is 8.44. The Balaban J connectivity index is 1.68. The molecular weight excluding hydrogens is 274 g/mol. The molecule has 1 fully saturated rings. The van der Waals surface area contributed by atoms with Crippen LogP contribution in [-0.4, -0.2) is 32.3 Å². The van der Waals surface area contributed by atoms with Crippen molar-refractivity contribution in [2.45, 2.75) is 39.7 Å². The van der Waals surface area contributed by atoms with Crippen LogP contribution in [0.2, 0.25) is 0 Å². The second kappa shape index (κ2) is 9.46. The zero-order chi connectivity index (χ0) is 15.6. The Morgan fingerprint density at radius 2 is 2.09 bits per heavy atom. The van der Waals surface area contributed by atoms with Crippen molar-refractivity contribution in [1.29, 1.82) is 0 Å². The summed E-state index contributed by atoms with van der Waals surface area (Å²) >= 11 is 0. The summed E-state index contributed by atoms with van der Waals surface area (Å²) in [6.45, 7) is 8.47. The lowest BCUT2D eigenvalue weighted by Gasteiger charge is -2.12. The van der Waals surface area contributed by atoms with Gasteiger partial charge in [0.25, 0.3) is 0 Å². The highest BCUT2D eigenvalue weighted by Crippen LogP contribution is 2.28. The van der Waals surface area contributed by atoms with Crippen LogP contribution in [0.1, 0.15) is 37.3 Å². The van der Waals surface area contributed by atoms with E-state index >= 15 is 0 Å². The normalized spacial score (nSPS) is 14.9. The van der Waals surface area contributed by atoms with E-state index in [-0.39, 0.29) is 0 Å². The van der Waals surface area contributed by atoms with E-state index in [2.05, 4.69) is 53.7 Å². The fourth-order valence-electron chi connectivity index (χ4n) is 2.21. The summed E-state index contributed by atoms with van der Waals surface area (Å²) in [7, 11) is 0. The summed E-state index contributed by atoms with van der Waals surface area (Å²) in [5.41, 5.74) is 2.56. The van der Waals surface area contributed by atoms with Crippen molar-refractivity contribution in [1.82, 2.24) is 10.6 Å². The Kier molecular flexibility index (Phi) is 7.23. The van der Waals surface area contributed by atoms with Gasteiger partial charge in [-0.25, -0.2) is 4.99 Å². The summed E-state index contributed by atoms with van der Waals surface area (Å²) in [4.78, 5) is 4.65. The van der Waals surface area contributed by atoms with Gasteiger partial charge in [-0.2, -0.15) is 0 Å². The van der Waals surface area contributed by atoms with E-state index in [1.807, 2.05) is 0 Å². The Hall–Kier alpha value is -1.55. The summed E-state index contributed by atoms with van der Waals surface area (Å²) < 4.78 is 5.64. The molecule has 2 N–H and O–H groups in total. The standard InChI is InChI=1S/C18H29N3O/c1-3-19-18(20-11-6-12-22-14-16-9-10-16)21-13-17-8-5-4-7-15(17)2/h4-5,7-8,16H,3,6,9-14H2,1-2H3,(H2,19,20,21). The molecule has 0 bridgehead atoms. The molecule has 1 saturated carbocycles. The Labute approximate surface area is 134 Å². The molecule has 1 aliphatic carbocycles. The molecule has 1 aromatic rings. The molecule has 0 aromatic heterocycles. The molecule has 4 nitrogen and oxygen atoms in total. The van der Waals surface area contributed by atoms with Crippen LogP contribution in [-0.2, 0) is 11.3 Å². The minimum atomic E-state index is 0.709.